The molecule has 1 saturated carbocycles. The lowest BCUT2D eigenvalue weighted by atomic mass is 9.92. The minimum atomic E-state index is -0.805. The predicted octanol–water partition coefficient (Wildman–Crippen LogP) is 2.48. The lowest BCUT2D eigenvalue weighted by molar-refractivity contribution is -0.145. The zero-order valence-electron chi connectivity index (χ0n) is 13.1. The van der Waals surface area contributed by atoms with Crippen LogP contribution in [0.3, 0.4) is 0 Å². The average Bonchev–Trinajstić information content (AvgIpc) is 3.11. The topological polar surface area (TPSA) is 52.6 Å². The number of nitrogens with one attached hydrogen (secondary N) is 1. The molecule has 0 radical (unpaired) electrons. The number of carboxylic acids is 1. The van der Waals surface area contributed by atoms with E-state index >= 15 is 0 Å². The van der Waals surface area contributed by atoms with Gasteiger partial charge in [0, 0.05) is 18.1 Å². The van der Waals surface area contributed by atoms with Gasteiger partial charge in [-0.1, -0.05) is 13.3 Å². The lowest BCUT2D eigenvalue weighted by Crippen LogP contribution is -2.54. The van der Waals surface area contributed by atoms with Crippen molar-refractivity contribution in [3.05, 3.63) is 0 Å². The van der Waals surface area contributed by atoms with Crippen molar-refractivity contribution >= 4 is 5.97 Å². The summed E-state index contributed by atoms with van der Waals surface area (Å²) >= 11 is 0. The van der Waals surface area contributed by atoms with Crippen LogP contribution in [0, 0.1) is 0 Å². The van der Waals surface area contributed by atoms with Crippen LogP contribution in [0.1, 0.15) is 59.8 Å². The highest BCUT2D eigenvalue weighted by Crippen LogP contribution is 2.26. The first-order valence-corrected chi connectivity index (χ1v) is 7.53. The Bertz CT molecular complexity index is 305. The van der Waals surface area contributed by atoms with Crippen molar-refractivity contribution < 1.29 is 9.90 Å². The number of carboxylic acid groups (broad SMARTS) is 1. The summed E-state index contributed by atoms with van der Waals surface area (Å²) in [6, 6.07) is 1.17. The molecule has 1 aliphatic rings. The molecule has 1 aliphatic carbocycles. The molecular weight excluding hydrogens is 240 g/mol. The number of hydrogen-bond acceptors (Lipinski definition) is 3. The molecule has 3 unspecified atom stereocenters. The van der Waals surface area contributed by atoms with E-state index in [0.29, 0.717) is 18.5 Å². The van der Waals surface area contributed by atoms with Gasteiger partial charge in [-0.25, -0.2) is 0 Å². The molecule has 3 atom stereocenters. The fourth-order valence-corrected chi connectivity index (χ4v) is 2.68. The number of rotatable bonds is 9. The molecule has 19 heavy (non-hydrogen) atoms. The van der Waals surface area contributed by atoms with E-state index in [9.17, 15) is 9.90 Å². The molecule has 0 aromatic rings. The van der Waals surface area contributed by atoms with Crippen LogP contribution >= 0.6 is 0 Å². The largest absolute Gasteiger partial charge is 0.480 e. The Morgan fingerprint density at radius 1 is 1.42 bits per heavy atom. The van der Waals surface area contributed by atoms with E-state index in [-0.39, 0.29) is 6.04 Å². The first-order valence-electron chi connectivity index (χ1n) is 7.53. The second-order valence-corrected chi connectivity index (χ2v) is 6.41. The van der Waals surface area contributed by atoms with Crippen LogP contribution in [0.5, 0.6) is 0 Å². The molecular formula is C15H30N2O2. The molecule has 0 amide bonds. The van der Waals surface area contributed by atoms with Crippen molar-refractivity contribution in [3.8, 4) is 0 Å². The van der Waals surface area contributed by atoms with E-state index in [1.165, 1.54) is 0 Å². The monoisotopic (exact) mass is 270 g/mol. The molecule has 0 saturated heterocycles. The van der Waals surface area contributed by atoms with Gasteiger partial charge < -0.3 is 10.0 Å². The van der Waals surface area contributed by atoms with Crippen LogP contribution in [0.2, 0.25) is 0 Å². The van der Waals surface area contributed by atoms with Gasteiger partial charge >= 0.3 is 5.97 Å². The normalized spacial score (nSPS) is 22.0. The molecule has 0 aromatic heterocycles. The van der Waals surface area contributed by atoms with Crippen molar-refractivity contribution in [2.75, 3.05) is 7.05 Å². The van der Waals surface area contributed by atoms with Crippen LogP contribution in [0.25, 0.3) is 0 Å². The minimum absolute atomic E-state index is 0.258. The van der Waals surface area contributed by atoms with E-state index in [2.05, 4.69) is 38.0 Å². The van der Waals surface area contributed by atoms with Gasteiger partial charge in [-0.2, -0.15) is 0 Å². The van der Waals surface area contributed by atoms with Crippen LogP contribution < -0.4 is 5.32 Å². The van der Waals surface area contributed by atoms with Crippen LogP contribution in [0.4, 0.5) is 0 Å². The Morgan fingerprint density at radius 2 is 2.00 bits per heavy atom. The first kappa shape index (κ1) is 16.4. The zero-order chi connectivity index (χ0) is 14.6. The third-order valence-corrected chi connectivity index (χ3v) is 4.37. The van der Waals surface area contributed by atoms with E-state index < -0.39 is 11.5 Å². The van der Waals surface area contributed by atoms with Crippen molar-refractivity contribution in [2.45, 2.75) is 83.5 Å². The Labute approximate surface area is 117 Å². The number of nitrogens with zero attached hydrogens (tertiary/aromatic N) is 1. The summed E-state index contributed by atoms with van der Waals surface area (Å²) < 4.78 is 0. The molecule has 4 nitrogen and oxygen atoms in total. The van der Waals surface area contributed by atoms with Crippen LogP contribution in [0.15, 0.2) is 0 Å². The molecule has 0 bridgehead atoms. The third kappa shape index (κ3) is 4.77. The highest BCUT2D eigenvalue weighted by molar-refractivity contribution is 5.78. The van der Waals surface area contributed by atoms with E-state index in [1.807, 2.05) is 6.92 Å². The highest BCUT2D eigenvalue weighted by Gasteiger charge is 2.40. The summed E-state index contributed by atoms with van der Waals surface area (Å²) in [7, 11) is 2.10. The van der Waals surface area contributed by atoms with Crippen LogP contribution in [-0.4, -0.2) is 46.7 Å². The van der Waals surface area contributed by atoms with E-state index in [4.69, 9.17) is 0 Å². The van der Waals surface area contributed by atoms with Gasteiger partial charge in [0.25, 0.3) is 0 Å². The summed E-state index contributed by atoms with van der Waals surface area (Å²) in [5.74, 6) is -0.734. The van der Waals surface area contributed by atoms with Gasteiger partial charge in [-0.05, 0) is 53.5 Å². The fraction of sp³-hybridized carbons (Fsp3) is 0.933. The SMILES string of the molecule is CCCC(C)N(C)C(C)CC(C)(NC1CC1)C(=O)O. The second kappa shape index (κ2) is 6.71. The van der Waals surface area contributed by atoms with Gasteiger partial charge in [0.05, 0.1) is 0 Å². The predicted molar refractivity (Wildman–Crippen MR) is 78.4 cm³/mol. The van der Waals surface area contributed by atoms with Crippen molar-refractivity contribution in [2.24, 2.45) is 0 Å². The van der Waals surface area contributed by atoms with Gasteiger partial charge in [0.2, 0.25) is 0 Å². The average molecular weight is 270 g/mol. The summed E-state index contributed by atoms with van der Waals surface area (Å²) in [5.41, 5.74) is -0.805. The Morgan fingerprint density at radius 3 is 2.42 bits per heavy atom. The molecule has 0 aromatic carbocycles. The molecule has 0 aliphatic heterocycles. The Hall–Kier alpha value is -0.610. The van der Waals surface area contributed by atoms with Crippen molar-refractivity contribution in [1.82, 2.24) is 10.2 Å². The summed E-state index contributed by atoms with van der Waals surface area (Å²) in [6.45, 7) is 8.35. The summed E-state index contributed by atoms with van der Waals surface area (Å²) in [5, 5.41) is 12.8. The molecule has 1 rings (SSSR count). The third-order valence-electron chi connectivity index (χ3n) is 4.37. The summed E-state index contributed by atoms with van der Waals surface area (Å²) in [4.78, 5) is 13.9. The molecule has 0 heterocycles. The number of carbonyl (C=O) groups is 1. The van der Waals surface area contributed by atoms with Crippen LogP contribution in [-0.2, 0) is 4.79 Å². The summed E-state index contributed by atoms with van der Waals surface area (Å²) in [6.07, 6.45) is 5.18. The fourth-order valence-electron chi connectivity index (χ4n) is 2.68. The molecule has 112 valence electrons. The second-order valence-electron chi connectivity index (χ2n) is 6.41. The Balaban J connectivity index is 2.59. The van der Waals surface area contributed by atoms with E-state index in [1.54, 1.807) is 0 Å². The first-order chi connectivity index (χ1) is 8.80. The quantitative estimate of drug-likeness (QED) is 0.676. The van der Waals surface area contributed by atoms with Gasteiger partial charge in [-0.15, -0.1) is 0 Å². The smallest absolute Gasteiger partial charge is 0.323 e. The maximum Gasteiger partial charge on any atom is 0.323 e. The van der Waals surface area contributed by atoms with Gasteiger partial charge in [0.1, 0.15) is 5.54 Å². The maximum atomic E-state index is 11.6. The van der Waals surface area contributed by atoms with Gasteiger partial charge in [0.15, 0.2) is 0 Å². The Kier molecular flexibility index (Phi) is 5.81. The maximum absolute atomic E-state index is 11.6. The highest BCUT2D eigenvalue weighted by atomic mass is 16.4. The van der Waals surface area contributed by atoms with Crippen molar-refractivity contribution in [3.63, 3.8) is 0 Å². The minimum Gasteiger partial charge on any atom is -0.480 e. The van der Waals surface area contributed by atoms with Crippen molar-refractivity contribution in [1.29, 1.82) is 0 Å². The zero-order valence-corrected chi connectivity index (χ0v) is 13.1. The molecule has 1 fully saturated rings. The standard InChI is InChI=1S/C15H30N2O2/c1-6-7-11(2)17(5)12(3)10-15(4,14(18)19)16-13-8-9-13/h11-13,16H,6-10H2,1-5H3,(H,18,19). The molecule has 4 heteroatoms. The van der Waals surface area contributed by atoms with Gasteiger partial charge in [-0.3, -0.25) is 10.1 Å². The number of hydrogen-bond donors (Lipinski definition) is 2. The lowest BCUT2D eigenvalue weighted by Gasteiger charge is -2.36. The van der Waals surface area contributed by atoms with E-state index in [0.717, 1.165) is 25.7 Å². The molecule has 2 N–H and O–H groups in total. The molecule has 0 spiro atoms. The number of aliphatic carboxylic acids is 1.